The highest BCUT2D eigenvalue weighted by Crippen LogP contribution is 2.45. The van der Waals surface area contributed by atoms with Crippen LogP contribution in [0.2, 0.25) is 0 Å². The molecule has 0 unspecified atom stereocenters. The molecule has 2 aromatic rings. The molecule has 2 aromatic carbocycles. The summed E-state index contributed by atoms with van der Waals surface area (Å²) in [7, 11) is 0. The smallest absolute Gasteiger partial charge is 0.417 e. The molecule has 5 rings (SSSR count). The molecule has 0 radical (unpaired) electrons. The van der Waals surface area contributed by atoms with Crippen molar-refractivity contribution < 1.29 is 14.3 Å². The monoisotopic (exact) mass is 390 g/mol. The second kappa shape index (κ2) is 7.64. The van der Waals surface area contributed by atoms with Crippen LogP contribution in [-0.4, -0.2) is 41.5 Å². The van der Waals surface area contributed by atoms with E-state index < -0.39 is 6.09 Å². The van der Waals surface area contributed by atoms with Crippen LogP contribution in [0.1, 0.15) is 30.0 Å². The minimum atomic E-state index is -0.500. The number of ether oxygens (including phenoxy) is 1. The van der Waals surface area contributed by atoms with E-state index in [1.165, 1.54) is 23.3 Å². The van der Waals surface area contributed by atoms with E-state index >= 15 is 0 Å². The molecule has 0 bridgehead atoms. The van der Waals surface area contributed by atoms with Gasteiger partial charge in [0.05, 0.1) is 5.92 Å². The third-order valence-corrected chi connectivity index (χ3v) is 6.53. The van der Waals surface area contributed by atoms with Crippen LogP contribution in [0.3, 0.4) is 0 Å². The van der Waals surface area contributed by atoms with Gasteiger partial charge in [0.15, 0.2) is 0 Å². The van der Waals surface area contributed by atoms with Gasteiger partial charge in [0.25, 0.3) is 0 Å². The van der Waals surface area contributed by atoms with E-state index in [4.69, 9.17) is 4.74 Å². The summed E-state index contributed by atoms with van der Waals surface area (Å²) in [5.74, 6) is 0.742. The Kier molecular flexibility index (Phi) is 4.84. The number of amides is 2. The van der Waals surface area contributed by atoms with E-state index in [1.54, 1.807) is 0 Å². The Morgan fingerprint density at radius 3 is 2.34 bits per heavy atom. The lowest BCUT2D eigenvalue weighted by atomic mass is 9.89. The highest BCUT2D eigenvalue weighted by Gasteiger charge is 2.50. The van der Waals surface area contributed by atoms with Gasteiger partial charge in [-0.15, -0.1) is 0 Å². The Balaban J connectivity index is 1.36. The van der Waals surface area contributed by atoms with Crippen LogP contribution in [-0.2, 0) is 16.1 Å². The molecule has 0 aromatic heterocycles. The Morgan fingerprint density at radius 2 is 1.66 bits per heavy atom. The summed E-state index contributed by atoms with van der Waals surface area (Å²) in [6, 6.07) is 19.8. The number of nitrogens with zero attached hydrogens (tertiary/aromatic N) is 2. The SMILES string of the molecule is O=C1OC[C@H](c2ccccc2)N1C(=O)[C@H]1CN(Cc2ccccc2)C[C@H]1C1CC1. The van der Waals surface area contributed by atoms with Crippen LogP contribution in [0.25, 0.3) is 0 Å². The molecule has 150 valence electrons. The maximum Gasteiger partial charge on any atom is 0.417 e. The third-order valence-electron chi connectivity index (χ3n) is 6.53. The van der Waals surface area contributed by atoms with Gasteiger partial charge in [-0.3, -0.25) is 9.69 Å². The van der Waals surface area contributed by atoms with Gasteiger partial charge in [0.1, 0.15) is 12.6 Å². The van der Waals surface area contributed by atoms with E-state index in [1.807, 2.05) is 36.4 Å². The van der Waals surface area contributed by atoms with Crippen molar-refractivity contribution in [1.29, 1.82) is 0 Å². The van der Waals surface area contributed by atoms with Crippen LogP contribution >= 0.6 is 0 Å². The van der Waals surface area contributed by atoms with Crippen molar-refractivity contribution in [3.05, 3.63) is 71.8 Å². The molecule has 5 nitrogen and oxygen atoms in total. The van der Waals surface area contributed by atoms with Crippen molar-refractivity contribution in [3.63, 3.8) is 0 Å². The Morgan fingerprint density at radius 1 is 0.966 bits per heavy atom. The van der Waals surface area contributed by atoms with Crippen molar-refractivity contribution in [2.45, 2.75) is 25.4 Å². The number of hydrogen-bond acceptors (Lipinski definition) is 4. The molecule has 1 saturated carbocycles. The van der Waals surface area contributed by atoms with Gasteiger partial charge >= 0.3 is 6.09 Å². The summed E-state index contributed by atoms with van der Waals surface area (Å²) in [4.78, 5) is 29.8. The zero-order chi connectivity index (χ0) is 19.8. The van der Waals surface area contributed by atoms with E-state index in [0.29, 0.717) is 18.4 Å². The normalized spacial score (nSPS) is 27.2. The van der Waals surface area contributed by atoms with Crippen LogP contribution in [0.4, 0.5) is 4.79 Å². The summed E-state index contributed by atoms with van der Waals surface area (Å²) in [6.45, 7) is 2.72. The van der Waals surface area contributed by atoms with Gasteiger partial charge in [-0.25, -0.2) is 9.69 Å². The minimum Gasteiger partial charge on any atom is -0.446 e. The highest BCUT2D eigenvalue weighted by molar-refractivity contribution is 5.95. The number of rotatable bonds is 5. The topological polar surface area (TPSA) is 49.9 Å². The molecular formula is C24H26N2O3. The summed E-state index contributed by atoms with van der Waals surface area (Å²) < 4.78 is 5.30. The summed E-state index contributed by atoms with van der Waals surface area (Å²) in [6.07, 6.45) is 1.89. The Bertz CT molecular complexity index is 882. The van der Waals surface area contributed by atoms with Crippen molar-refractivity contribution >= 4 is 12.0 Å². The molecule has 1 aliphatic carbocycles. The van der Waals surface area contributed by atoms with Crippen LogP contribution in [0.15, 0.2) is 60.7 Å². The first-order valence-corrected chi connectivity index (χ1v) is 10.5. The average molecular weight is 390 g/mol. The van der Waals surface area contributed by atoms with Crippen molar-refractivity contribution in [2.75, 3.05) is 19.7 Å². The maximum atomic E-state index is 13.6. The average Bonchev–Trinajstić information content (AvgIpc) is 3.40. The quantitative estimate of drug-likeness (QED) is 0.778. The molecule has 0 spiro atoms. The number of imide groups is 1. The third kappa shape index (κ3) is 3.67. The number of benzene rings is 2. The van der Waals surface area contributed by atoms with Gasteiger partial charge in [-0.05, 0) is 35.8 Å². The second-order valence-electron chi connectivity index (χ2n) is 8.50. The van der Waals surface area contributed by atoms with Crippen molar-refractivity contribution in [3.8, 4) is 0 Å². The summed E-state index contributed by atoms with van der Waals surface area (Å²) in [5, 5.41) is 0. The largest absolute Gasteiger partial charge is 0.446 e. The Labute approximate surface area is 171 Å². The Hall–Kier alpha value is -2.66. The molecule has 2 saturated heterocycles. The van der Waals surface area contributed by atoms with Crippen LogP contribution < -0.4 is 0 Å². The fourth-order valence-electron chi connectivity index (χ4n) is 4.91. The molecule has 3 fully saturated rings. The van der Waals surface area contributed by atoms with E-state index in [9.17, 15) is 9.59 Å². The molecule has 3 atom stereocenters. The number of carbonyl (C=O) groups is 2. The van der Waals surface area contributed by atoms with Crippen LogP contribution in [0.5, 0.6) is 0 Å². The predicted molar refractivity (Wildman–Crippen MR) is 109 cm³/mol. The van der Waals surface area contributed by atoms with Crippen molar-refractivity contribution in [2.24, 2.45) is 17.8 Å². The van der Waals surface area contributed by atoms with Gasteiger partial charge < -0.3 is 4.74 Å². The van der Waals surface area contributed by atoms with Gasteiger partial charge in [-0.1, -0.05) is 60.7 Å². The number of carbonyl (C=O) groups excluding carboxylic acids is 2. The molecule has 2 heterocycles. The van der Waals surface area contributed by atoms with E-state index in [-0.39, 0.29) is 24.5 Å². The highest BCUT2D eigenvalue weighted by atomic mass is 16.6. The molecule has 2 amide bonds. The number of cyclic esters (lactones) is 1. The van der Waals surface area contributed by atoms with E-state index in [0.717, 1.165) is 18.7 Å². The molecule has 3 aliphatic rings. The summed E-state index contributed by atoms with van der Waals surface area (Å²) >= 11 is 0. The van der Waals surface area contributed by atoms with Gasteiger partial charge in [-0.2, -0.15) is 0 Å². The fourth-order valence-corrected chi connectivity index (χ4v) is 4.91. The molecule has 0 N–H and O–H groups in total. The van der Waals surface area contributed by atoms with Crippen molar-refractivity contribution in [1.82, 2.24) is 9.80 Å². The lowest BCUT2D eigenvalue weighted by Crippen LogP contribution is -2.41. The number of likely N-dealkylation sites (tertiary alicyclic amines) is 1. The first kappa shape index (κ1) is 18.4. The lowest BCUT2D eigenvalue weighted by Gasteiger charge is -2.25. The first-order valence-electron chi connectivity index (χ1n) is 10.5. The zero-order valence-corrected chi connectivity index (χ0v) is 16.4. The standard InChI is InChI=1S/C24H26N2O3/c27-23(26-22(16-29-24(26)28)19-9-5-2-6-10-19)21-15-25(14-20(21)18-11-12-18)13-17-7-3-1-4-8-17/h1-10,18,20-22H,11-16H2/t20-,21-,22+/m0/s1. The summed E-state index contributed by atoms with van der Waals surface area (Å²) in [5.41, 5.74) is 2.21. The fraction of sp³-hybridized carbons (Fsp3) is 0.417. The van der Waals surface area contributed by atoms with Crippen LogP contribution in [0, 0.1) is 17.8 Å². The zero-order valence-electron chi connectivity index (χ0n) is 16.4. The molecule has 5 heteroatoms. The maximum absolute atomic E-state index is 13.6. The second-order valence-corrected chi connectivity index (χ2v) is 8.50. The first-order chi connectivity index (χ1) is 14.2. The minimum absolute atomic E-state index is 0.0613. The molecule has 29 heavy (non-hydrogen) atoms. The van der Waals surface area contributed by atoms with E-state index in [2.05, 4.69) is 29.2 Å². The molecule has 2 aliphatic heterocycles. The number of hydrogen-bond donors (Lipinski definition) is 0. The predicted octanol–water partition coefficient (Wildman–Crippen LogP) is 3.86. The van der Waals surface area contributed by atoms with Gasteiger partial charge in [0, 0.05) is 19.6 Å². The van der Waals surface area contributed by atoms with Gasteiger partial charge in [0.2, 0.25) is 5.91 Å². The molecular weight excluding hydrogens is 364 g/mol. The lowest BCUT2D eigenvalue weighted by molar-refractivity contribution is -0.134.